The second-order valence-corrected chi connectivity index (χ2v) is 5.85. The van der Waals surface area contributed by atoms with E-state index in [-0.39, 0.29) is 21.6 Å². The van der Waals surface area contributed by atoms with Gasteiger partial charge in [0.15, 0.2) is 0 Å². The highest BCUT2D eigenvalue weighted by atomic mass is 127. The lowest BCUT2D eigenvalue weighted by molar-refractivity contribution is 0.102. The molecule has 0 fully saturated rings. The van der Waals surface area contributed by atoms with Gasteiger partial charge in [-0.2, -0.15) is 0 Å². The number of hydrogen-bond donors (Lipinski definition) is 2. The van der Waals surface area contributed by atoms with Crippen LogP contribution in [0.25, 0.3) is 0 Å². The molecule has 0 saturated heterocycles. The molecular weight excluding hydrogens is 398 g/mol. The smallest absolute Gasteiger partial charge is 0.255 e. The normalized spacial score (nSPS) is 10.3. The maximum atomic E-state index is 12.0. The van der Waals surface area contributed by atoms with Gasteiger partial charge in [0, 0.05) is 14.8 Å². The van der Waals surface area contributed by atoms with Gasteiger partial charge >= 0.3 is 0 Å². The van der Waals surface area contributed by atoms with Crippen LogP contribution in [0.2, 0.25) is 10.0 Å². The molecule has 0 bridgehead atoms. The zero-order valence-electron chi connectivity index (χ0n) is 9.58. The summed E-state index contributed by atoms with van der Waals surface area (Å²) in [5, 5.41) is 3.28. The lowest BCUT2D eigenvalue weighted by Crippen LogP contribution is -2.12. The molecule has 0 aromatic heterocycles. The van der Waals surface area contributed by atoms with Gasteiger partial charge in [0.25, 0.3) is 5.91 Å². The summed E-state index contributed by atoms with van der Waals surface area (Å²) in [7, 11) is 0. The van der Waals surface area contributed by atoms with Crippen molar-refractivity contribution in [2.45, 2.75) is 0 Å². The molecule has 6 heteroatoms. The highest BCUT2D eigenvalue weighted by molar-refractivity contribution is 14.1. The Morgan fingerprint density at radius 1 is 1.16 bits per heavy atom. The minimum atomic E-state index is -0.286. The van der Waals surface area contributed by atoms with Crippen molar-refractivity contribution in [1.29, 1.82) is 0 Å². The van der Waals surface area contributed by atoms with Crippen molar-refractivity contribution in [2.24, 2.45) is 0 Å². The quantitative estimate of drug-likeness (QED) is 0.572. The molecule has 0 aliphatic carbocycles. The molecule has 1 amide bonds. The Bertz CT molecular complexity index is 606. The molecule has 0 aliphatic heterocycles. The molecule has 2 rings (SSSR count). The number of amides is 1. The molecule has 2 aromatic rings. The molecule has 19 heavy (non-hydrogen) atoms. The number of carbonyl (C=O) groups excluding carboxylic acids is 1. The maximum Gasteiger partial charge on any atom is 0.255 e. The zero-order valence-corrected chi connectivity index (χ0v) is 13.3. The summed E-state index contributed by atoms with van der Waals surface area (Å²) in [6.45, 7) is 0. The van der Waals surface area contributed by atoms with Gasteiger partial charge in [-0.3, -0.25) is 4.79 Å². The van der Waals surface area contributed by atoms with E-state index in [0.717, 1.165) is 3.57 Å². The SMILES string of the molecule is Nc1cc(C(=O)Nc2ccc(I)cc2)cc(Cl)c1Cl. The van der Waals surface area contributed by atoms with Gasteiger partial charge in [-0.1, -0.05) is 23.2 Å². The fraction of sp³-hybridized carbons (Fsp3) is 0. The third kappa shape index (κ3) is 3.52. The van der Waals surface area contributed by atoms with Gasteiger partial charge in [-0.15, -0.1) is 0 Å². The molecule has 3 nitrogen and oxygen atoms in total. The van der Waals surface area contributed by atoms with Gasteiger partial charge < -0.3 is 11.1 Å². The van der Waals surface area contributed by atoms with Crippen LogP contribution < -0.4 is 11.1 Å². The molecule has 0 unspecified atom stereocenters. The monoisotopic (exact) mass is 406 g/mol. The highest BCUT2D eigenvalue weighted by Crippen LogP contribution is 2.29. The number of benzene rings is 2. The maximum absolute atomic E-state index is 12.0. The number of nitrogens with one attached hydrogen (secondary N) is 1. The minimum Gasteiger partial charge on any atom is -0.397 e. The number of rotatable bonds is 2. The average molecular weight is 407 g/mol. The summed E-state index contributed by atoms with van der Waals surface area (Å²) in [4.78, 5) is 12.0. The third-order valence-corrected chi connectivity index (χ3v) is 3.96. The summed E-state index contributed by atoms with van der Waals surface area (Å²) in [5.74, 6) is -0.286. The van der Waals surface area contributed by atoms with E-state index in [4.69, 9.17) is 28.9 Å². The van der Waals surface area contributed by atoms with Gasteiger partial charge in [0.1, 0.15) is 0 Å². The first-order chi connectivity index (χ1) is 8.97. The molecule has 0 atom stereocenters. The molecule has 0 spiro atoms. The van der Waals surface area contributed by atoms with Crippen LogP contribution in [-0.2, 0) is 0 Å². The Kier molecular flexibility index (Phi) is 4.54. The van der Waals surface area contributed by atoms with E-state index in [1.807, 2.05) is 24.3 Å². The lowest BCUT2D eigenvalue weighted by Gasteiger charge is -2.08. The second kappa shape index (κ2) is 5.98. The van der Waals surface area contributed by atoms with Crippen LogP contribution in [0.1, 0.15) is 10.4 Å². The van der Waals surface area contributed by atoms with E-state index in [1.54, 1.807) is 0 Å². The van der Waals surface area contributed by atoms with E-state index < -0.39 is 0 Å². The fourth-order valence-corrected chi connectivity index (χ4v) is 2.17. The zero-order chi connectivity index (χ0) is 14.0. The number of carbonyl (C=O) groups is 1. The Morgan fingerprint density at radius 3 is 2.37 bits per heavy atom. The molecule has 3 N–H and O–H groups in total. The first-order valence-corrected chi connectivity index (χ1v) is 7.12. The van der Waals surface area contributed by atoms with Gasteiger partial charge in [0.05, 0.1) is 15.7 Å². The predicted octanol–water partition coefficient (Wildman–Crippen LogP) is 4.43. The van der Waals surface area contributed by atoms with Crippen LogP contribution in [0.4, 0.5) is 11.4 Å². The van der Waals surface area contributed by atoms with Gasteiger partial charge in [0.2, 0.25) is 0 Å². The van der Waals surface area contributed by atoms with Crippen molar-refractivity contribution in [3.05, 3.63) is 55.6 Å². The summed E-state index contributed by atoms with van der Waals surface area (Å²) in [5.41, 5.74) is 7.02. The van der Waals surface area contributed by atoms with E-state index in [2.05, 4.69) is 27.9 Å². The van der Waals surface area contributed by atoms with Crippen molar-refractivity contribution in [3.63, 3.8) is 0 Å². The Hall–Kier alpha value is -0.980. The van der Waals surface area contributed by atoms with Crippen LogP contribution in [0.3, 0.4) is 0 Å². The minimum absolute atomic E-state index is 0.257. The van der Waals surface area contributed by atoms with E-state index >= 15 is 0 Å². The van der Waals surface area contributed by atoms with Gasteiger partial charge in [-0.25, -0.2) is 0 Å². The summed E-state index contributed by atoms with van der Waals surface area (Å²) < 4.78 is 1.09. The first-order valence-electron chi connectivity index (χ1n) is 5.29. The number of hydrogen-bond acceptors (Lipinski definition) is 2. The predicted molar refractivity (Wildman–Crippen MR) is 88.0 cm³/mol. The summed E-state index contributed by atoms with van der Waals surface area (Å²) in [6, 6.07) is 10.4. The number of nitrogen functional groups attached to an aromatic ring is 1. The average Bonchev–Trinajstić information content (AvgIpc) is 2.38. The third-order valence-electron chi connectivity index (χ3n) is 2.42. The first kappa shape index (κ1) is 14.4. The van der Waals surface area contributed by atoms with Crippen LogP contribution in [0.5, 0.6) is 0 Å². The molecule has 0 radical (unpaired) electrons. The molecule has 98 valence electrons. The largest absolute Gasteiger partial charge is 0.397 e. The second-order valence-electron chi connectivity index (χ2n) is 3.82. The Labute approximate surface area is 134 Å². The Morgan fingerprint density at radius 2 is 1.79 bits per heavy atom. The van der Waals surface area contributed by atoms with Crippen molar-refractivity contribution < 1.29 is 4.79 Å². The van der Waals surface area contributed by atoms with Crippen molar-refractivity contribution >= 4 is 63.1 Å². The van der Waals surface area contributed by atoms with Crippen LogP contribution >= 0.6 is 45.8 Å². The van der Waals surface area contributed by atoms with Crippen LogP contribution in [0, 0.1) is 3.57 Å². The van der Waals surface area contributed by atoms with E-state index in [1.165, 1.54) is 12.1 Å². The van der Waals surface area contributed by atoms with Crippen molar-refractivity contribution in [3.8, 4) is 0 Å². The number of halogens is 3. The van der Waals surface area contributed by atoms with Crippen LogP contribution in [0.15, 0.2) is 36.4 Å². The highest BCUT2D eigenvalue weighted by Gasteiger charge is 2.11. The summed E-state index contributed by atoms with van der Waals surface area (Å²) in [6.07, 6.45) is 0. The molecule has 0 heterocycles. The molecule has 0 saturated carbocycles. The van der Waals surface area contributed by atoms with Crippen molar-refractivity contribution in [1.82, 2.24) is 0 Å². The fourth-order valence-electron chi connectivity index (χ4n) is 1.48. The Balaban J connectivity index is 2.23. The van der Waals surface area contributed by atoms with Gasteiger partial charge in [-0.05, 0) is 59.0 Å². The lowest BCUT2D eigenvalue weighted by atomic mass is 10.2. The number of anilines is 2. The standard InChI is InChI=1S/C13H9Cl2IN2O/c14-10-5-7(6-11(17)12(10)15)13(19)18-9-3-1-8(16)2-4-9/h1-6H,17H2,(H,18,19). The molecular formula is C13H9Cl2IN2O. The molecule has 0 aliphatic rings. The van der Waals surface area contributed by atoms with Crippen molar-refractivity contribution in [2.75, 3.05) is 11.1 Å². The van der Waals surface area contributed by atoms with Crippen LogP contribution in [-0.4, -0.2) is 5.91 Å². The topological polar surface area (TPSA) is 55.1 Å². The van der Waals surface area contributed by atoms with E-state index in [0.29, 0.717) is 11.3 Å². The van der Waals surface area contributed by atoms with E-state index in [9.17, 15) is 4.79 Å². The number of nitrogens with two attached hydrogens (primary N) is 1. The summed E-state index contributed by atoms with van der Waals surface area (Å²) >= 11 is 13.9. The molecule has 2 aromatic carbocycles.